The minimum atomic E-state index is 0.00347. The fourth-order valence-corrected chi connectivity index (χ4v) is 3.98. The molecule has 1 N–H and O–H groups in total. The van der Waals surface area contributed by atoms with Gasteiger partial charge in [0.15, 0.2) is 0 Å². The van der Waals surface area contributed by atoms with Gasteiger partial charge >= 0.3 is 0 Å². The summed E-state index contributed by atoms with van der Waals surface area (Å²) in [6, 6.07) is 0. The second-order valence-electron chi connectivity index (χ2n) is 8.58. The van der Waals surface area contributed by atoms with E-state index in [0.29, 0.717) is 44.4 Å². The molecule has 0 bridgehead atoms. The Hall–Kier alpha value is -0.200. The molecule has 0 aliphatic heterocycles. The third kappa shape index (κ3) is 13.7. The summed E-state index contributed by atoms with van der Waals surface area (Å²) >= 11 is 0. The summed E-state index contributed by atoms with van der Waals surface area (Å²) in [7, 11) is 0. The van der Waals surface area contributed by atoms with Crippen molar-refractivity contribution in [1.29, 1.82) is 0 Å². The zero-order valence-electron chi connectivity index (χ0n) is 19.4. The molecule has 5 nitrogen and oxygen atoms in total. The van der Waals surface area contributed by atoms with Gasteiger partial charge in [0.2, 0.25) is 0 Å². The molecule has 0 saturated heterocycles. The van der Waals surface area contributed by atoms with Gasteiger partial charge < -0.3 is 24.1 Å². The van der Waals surface area contributed by atoms with Crippen molar-refractivity contribution in [3.8, 4) is 0 Å². The molecule has 2 rings (SSSR count). The van der Waals surface area contributed by atoms with E-state index in [9.17, 15) is 5.11 Å². The first kappa shape index (κ1) is 26.8. The van der Waals surface area contributed by atoms with E-state index in [0.717, 1.165) is 45.5 Å². The predicted octanol–water partition coefficient (Wildman–Crippen LogP) is 4.99. The van der Waals surface area contributed by atoms with Crippen LogP contribution in [0.15, 0.2) is 0 Å². The number of hydrogen-bond donors (Lipinski definition) is 1. The highest BCUT2D eigenvalue weighted by Gasteiger charge is 2.25. The summed E-state index contributed by atoms with van der Waals surface area (Å²) in [5.41, 5.74) is 0. The third-order valence-corrected chi connectivity index (χ3v) is 5.87. The zero-order chi connectivity index (χ0) is 21.2. The van der Waals surface area contributed by atoms with E-state index in [1.54, 1.807) is 0 Å². The van der Waals surface area contributed by atoms with Crippen LogP contribution in [0.2, 0.25) is 0 Å². The highest BCUT2D eigenvalue weighted by molar-refractivity contribution is 4.76. The summed E-state index contributed by atoms with van der Waals surface area (Å²) in [6.07, 6.45) is 12.2. The molecule has 174 valence electrons. The van der Waals surface area contributed by atoms with Crippen LogP contribution in [-0.4, -0.2) is 63.6 Å². The number of aliphatic hydroxyl groups excluding tert-OH is 1. The molecule has 0 aromatic carbocycles. The number of rotatable bonds is 13. The van der Waals surface area contributed by atoms with Crippen LogP contribution >= 0.6 is 0 Å². The molecule has 0 radical (unpaired) electrons. The van der Waals surface area contributed by atoms with E-state index < -0.39 is 0 Å². The lowest BCUT2D eigenvalue weighted by Crippen LogP contribution is -2.32. The second kappa shape index (κ2) is 18.6. The minimum Gasteiger partial charge on any atom is -0.393 e. The van der Waals surface area contributed by atoms with Crippen LogP contribution in [0.25, 0.3) is 0 Å². The van der Waals surface area contributed by atoms with Crippen LogP contribution in [-0.2, 0) is 18.9 Å². The minimum absolute atomic E-state index is 0.00347. The van der Waals surface area contributed by atoms with Crippen molar-refractivity contribution in [3.63, 3.8) is 0 Å². The van der Waals surface area contributed by atoms with Gasteiger partial charge in [-0.15, -0.1) is 0 Å². The van der Waals surface area contributed by atoms with E-state index in [1.165, 1.54) is 38.5 Å². The Kier molecular flexibility index (Phi) is 17.2. The Morgan fingerprint density at radius 1 is 0.690 bits per heavy atom. The van der Waals surface area contributed by atoms with E-state index in [-0.39, 0.29) is 6.10 Å². The molecule has 4 atom stereocenters. The maximum absolute atomic E-state index is 9.18. The number of aliphatic hydroxyl groups is 1. The lowest BCUT2D eigenvalue weighted by Gasteiger charge is -2.31. The Morgan fingerprint density at radius 2 is 1.28 bits per heavy atom. The van der Waals surface area contributed by atoms with Gasteiger partial charge in [-0.1, -0.05) is 46.5 Å². The first-order valence-electron chi connectivity index (χ1n) is 12.2. The highest BCUT2D eigenvalue weighted by Crippen LogP contribution is 2.27. The Labute approximate surface area is 179 Å². The average molecular weight is 417 g/mol. The van der Waals surface area contributed by atoms with Gasteiger partial charge in [-0.3, -0.25) is 0 Å². The Balaban J connectivity index is 0.000000436. The second-order valence-corrected chi connectivity index (χ2v) is 8.58. The van der Waals surface area contributed by atoms with Crippen molar-refractivity contribution < 1.29 is 24.1 Å². The van der Waals surface area contributed by atoms with Gasteiger partial charge in [-0.2, -0.15) is 0 Å². The molecule has 0 aromatic rings. The van der Waals surface area contributed by atoms with Crippen LogP contribution in [0.4, 0.5) is 0 Å². The van der Waals surface area contributed by atoms with E-state index in [4.69, 9.17) is 18.9 Å². The summed E-state index contributed by atoms with van der Waals surface area (Å²) < 4.78 is 22.7. The molecule has 0 spiro atoms. The molecule has 29 heavy (non-hydrogen) atoms. The number of hydrogen-bond acceptors (Lipinski definition) is 5. The molecular formula is C24H48O5. The van der Waals surface area contributed by atoms with Crippen LogP contribution in [0.5, 0.6) is 0 Å². The molecule has 2 fully saturated rings. The van der Waals surface area contributed by atoms with Gasteiger partial charge in [0.1, 0.15) is 0 Å². The molecule has 0 heterocycles. The van der Waals surface area contributed by atoms with Crippen molar-refractivity contribution >= 4 is 0 Å². The molecule has 0 amide bonds. The normalized spacial score (nSPS) is 27.3. The smallest absolute Gasteiger partial charge is 0.0704 e. The first-order chi connectivity index (χ1) is 14.2. The Morgan fingerprint density at radius 3 is 1.90 bits per heavy atom. The lowest BCUT2D eigenvalue weighted by molar-refractivity contribution is -0.0642. The molecular weight excluding hydrogens is 368 g/mol. The molecule has 5 heteroatoms. The molecule has 2 saturated carbocycles. The summed E-state index contributed by atoms with van der Waals surface area (Å²) in [5.74, 6) is 1.10. The maximum atomic E-state index is 9.18. The summed E-state index contributed by atoms with van der Waals surface area (Å²) in [4.78, 5) is 0. The summed E-state index contributed by atoms with van der Waals surface area (Å²) in [5, 5.41) is 9.18. The van der Waals surface area contributed by atoms with Crippen LogP contribution < -0.4 is 0 Å². The van der Waals surface area contributed by atoms with Crippen molar-refractivity contribution in [2.45, 2.75) is 97.2 Å². The SMILES string of the molecule is CC1CCCCC1O.CCCOCCOCC1CCCCC1OCCOCCC. The van der Waals surface area contributed by atoms with Crippen molar-refractivity contribution in [3.05, 3.63) is 0 Å². The van der Waals surface area contributed by atoms with Crippen molar-refractivity contribution in [2.24, 2.45) is 11.8 Å². The van der Waals surface area contributed by atoms with Crippen molar-refractivity contribution in [2.75, 3.05) is 46.2 Å². The van der Waals surface area contributed by atoms with Crippen LogP contribution in [0.1, 0.15) is 85.0 Å². The van der Waals surface area contributed by atoms with E-state index in [2.05, 4.69) is 20.8 Å². The van der Waals surface area contributed by atoms with E-state index >= 15 is 0 Å². The fraction of sp³-hybridized carbons (Fsp3) is 1.00. The predicted molar refractivity (Wildman–Crippen MR) is 118 cm³/mol. The zero-order valence-corrected chi connectivity index (χ0v) is 19.4. The number of ether oxygens (including phenoxy) is 4. The molecule has 2 aliphatic rings. The molecule has 2 aliphatic carbocycles. The molecule has 4 unspecified atom stereocenters. The Bertz CT molecular complexity index is 342. The fourth-order valence-electron chi connectivity index (χ4n) is 3.98. The van der Waals surface area contributed by atoms with Gasteiger partial charge in [-0.05, 0) is 44.4 Å². The van der Waals surface area contributed by atoms with Gasteiger partial charge in [0, 0.05) is 19.1 Å². The maximum Gasteiger partial charge on any atom is 0.0704 e. The van der Waals surface area contributed by atoms with Gasteiger partial charge in [0.05, 0.1) is 45.2 Å². The first-order valence-corrected chi connectivity index (χ1v) is 12.2. The largest absolute Gasteiger partial charge is 0.393 e. The lowest BCUT2D eigenvalue weighted by atomic mass is 9.87. The van der Waals surface area contributed by atoms with E-state index in [1.807, 2.05) is 0 Å². The molecule has 0 aromatic heterocycles. The quantitative estimate of drug-likeness (QED) is 0.429. The van der Waals surface area contributed by atoms with Crippen LogP contribution in [0, 0.1) is 11.8 Å². The topological polar surface area (TPSA) is 57.2 Å². The van der Waals surface area contributed by atoms with Crippen molar-refractivity contribution in [1.82, 2.24) is 0 Å². The van der Waals surface area contributed by atoms with Gasteiger partial charge in [-0.25, -0.2) is 0 Å². The van der Waals surface area contributed by atoms with Crippen LogP contribution in [0.3, 0.4) is 0 Å². The third-order valence-electron chi connectivity index (χ3n) is 5.87. The standard InChI is InChI=1S/C17H34O4.C7H14O/c1-3-9-18-11-12-20-15-16-7-5-6-8-17(16)21-14-13-19-10-4-2;1-6-4-2-3-5-7(6)8/h16-17H,3-15H2,1-2H3;6-8H,2-5H2,1H3. The van der Waals surface area contributed by atoms with Gasteiger partial charge in [0.25, 0.3) is 0 Å². The average Bonchev–Trinajstić information content (AvgIpc) is 2.74. The highest BCUT2D eigenvalue weighted by atomic mass is 16.5. The monoisotopic (exact) mass is 416 g/mol. The summed E-state index contributed by atoms with van der Waals surface area (Å²) in [6.45, 7) is 11.7.